The average Bonchev–Trinajstić information content (AvgIpc) is 1.69. The predicted octanol–water partition coefficient (Wildman–Crippen LogP) is 0.173. The minimum Gasteiger partial charge on any atom is -0.146 e. The predicted molar refractivity (Wildman–Crippen MR) is 36.5 cm³/mol. The molecule has 0 amide bonds. The monoisotopic (exact) mass is 117 g/mol. The van der Waals surface area contributed by atoms with Crippen LogP contribution in [0.3, 0.4) is 0 Å². The Morgan fingerprint density at radius 2 is 1.50 bits per heavy atom. The highest BCUT2D eigenvalue weighted by atomic mass is 19.2. The lowest BCUT2D eigenvalue weighted by molar-refractivity contribution is 0.00630. The van der Waals surface area contributed by atoms with Crippen molar-refractivity contribution >= 4 is 8.41 Å². The molecule has 3 heteroatoms. The third kappa shape index (κ3) is 2.31. The van der Waals surface area contributed by atoms with Gasteiger partial charge in [-0.2, -0.15) is 0 Å². The van der Waals surface area contributed by atoms with E-state index in [0.29, 0.717) is 13.1 Å². The highest BCUT2D eigenvalue weighted by Gasteiger charge is 2.06. The van der Waals surface area contributed by atoms with Crippen molar-refractivity contribution in [1.29, 1.82) is 0 Å². The van der Waals surface area contributed by atoms with E-state index in [4.69, 9.17) is 0 Å². The number of hydrogen-bond acceptors (Lipinski definition) is 1. The van der Waals surface area contributed by atoms with E-state index in [0.717, 1.165) is 18.0 Å². The third-order valence-electron chi connectivity index (χ3n) is 1.30. The van der Waals surface area contributed by atoms with Crippen molar-refractivity contribution in [3.8, 4) is 0 Å². The first kappa shape index (κ1) is 7.95. The van der Waals surface area contributed by atoms with Gasteiger partial charge in [-0.05, 0) is 12.8 Å². The summed E-state index contributed by atoms with van der Waals surface area (Å²) in [7, 11) is 0. The van der Waals surface area contributed by atoms with Crippen molar-refractivity contribution in [3.63, 3.8) is 0 Å². The molecule has 1 heterocycles. The van der Waals surface area contributed by atoms with Gasteiger partial charge in [0.05, 0.1) is 8.41 Å². The third-order valence-corrected chi connectivity index (χ3v) is 1.30. The first-order valence-corrected chi connectivity index (χ1v) is 2.80. The van der Waals surface area contributed by atoms with Gasteiger partial charge in [-0.1, -0.05) is 6.42 Å². The zero-order chi connectivity index (χ0) is 5.11. The Bertz CT molecular complexity index is 54.4. The molecule has 1 aliphatic rings. The highest BCUT2D eigenvalue weighted by molar-refractivity contribution is 5.75. The van der Waals surface area contributed by atoms with E-state index in [-0.39, 0.29) is 8.41 Å². The maximum absolute atomic E-state index is 12.0. The lowest BCUT2D eigenvalue weighted by Crippen LogP contribution is -2.20. The van der Waals surface area contributed by atoms with Gasteiger partial charge < -0.3 is 0 Å². The molecule has 8 heavy (non-hydrogen) atoms. The Hall–Kier alpha value is -0.0451. The minimum atomic E-state index is 0. The van der Waals surface area contributed by atoms with Crippen LogP contribution in [0.4, 0.5) is 4.48 Å². The molecule has 1 saturated heterocycles. The molecule has 1 aliphatic heterocycles. The van der Waals surface area contributed by atoms with E-state index in [1.807, 2.05) is 0 Å². The summed E-state index contributed by atoms with van der Waals surface area (Å²) in [5.41, 5.74) is 0. The van der Waals surface area contributed by atoms with Crippen LogP contribution in [-0.4, -0.2) is 26.6 Å². The van der Waals surface area contributed by atoms with E-state index >= 15 is 0 Å². The van der Waals surface area contributed by atoms with Crippen LogP contribution in [-0.2, 0) is 0 Å². The van der Waals surface area contributed by atoms with Crippen LogP contribution < -0.4 is 0 Å². The van der Waals surface area contributed by atoms with E-state index in [9.17, 15) is 4.48 Å². The van der Waals surface area contributed by atoms with Crippen molar-refractivity contribution in [1.82, 2.24) is 5.12 Å². The van der Waals surface area contributed by atoms with Crippen molar-refractivity contribution in [3.05, 3.63) is 0 Å². The van der Waals surface area contributed by atoms with Gasteiger partial charge in [-0.15, -0.1) is 9.60 Å². The van der Waals surface area contributed by atoms with E-state index < -0.39 is 0 Å². The average molecular weight is 117 g/mol. The van der Waals surface area contributed by atoms with Crippen LogP contribution in [0.15, 0.2) is 0 Å². The number of rotatable bonds is 0. The number of halogens is 1. The van der Waals surface area contributed by atoms with Crippen LogP contribution in [0.1, 0.15) is 19.3 Å². The summed E-state index contributed by atoms with van der Waals surface area (Å²) in [6.45, 7) is 1.31. The largest absolute Gasteiger partial charge is 0.146 e. The summed E-state index contributed by atoms with van der Waals surface area (Å²) < 4.78 is 12.0. The quantitative estimate of drug-likeness (QED) is 0.323. The molecule has 0 unspecified atom stereocenters. The summed E-state index contributed by atoms with van der Waals surface area (Å²) in [6, 6.07) is 0. The number of nitrogens with zero attached hydrogens (tertiary/aromatic N) is 1. The zero-order valence-electron chi connectivity index (χ0n) is 4.36. The van der Waals surface area contributed by atoms with E-state index in [1.54, 1.807) is 0 Å². The van der Waals surface area contributed by atoms with Crippen LogP contribution in [0.25, 0.3) is 0 Å². The topological polar surface area (TPSA) is 3.24 Å². The van der Waals surface area contributed by atoms with Crippen molar-refractivity contribution in [2.75, 3.05) is 13.1 Å². The normalized spacial score (nSPS) is 22.1. The second-order valence-electron chi connectivity index (χ2n) is 1.97. The van der Waals surface area contributed by atoms with Crippen LogP contribution >= 0.6 is 0 Å². The molecule has 1 nitrogen and oxygen atoms in total. The Labute approximate surface area is 51.4 Å². The molecule has 0 radical (unpaired) electrons. The molecule has 48 valence electrons. The lowest BCUT2D eigenvalue weighted by Gasteiger charge is -2.15. The van der Waals surface area contributed by atoms with E-state index in [2.05, 4.69) is 0 Å². The van der Waals surface area contributed by atoms with Crippen LogP contribution in [0.5, 0.6) is 0 Å². The van der Waals surface area contributed by atoms with Gasteiger partial charge in [0.2, 0.25) is 0 Å². The molecule has 0 aromatic carbocycles. The standard InChI is InChI=1S/C5H10FN.BH3/c6-7-4-2-1-3-5-7;/h1-5H2;1H3. The summed E-state index contributed by atoms with van der Waals surface area (Å²) in [4.78, 5) is 0. The zero-order valence-corrected chi connectivity index (χ0v) is 4.36. The van der Waals surface area contributed by atoms with Gasteiger partial charge in [0.15, 0.2) is 0 Å². The maximum Gasteiger partial charge on any atom is 0.0814 e. The molecular weight excluding hydrogens is 104 g/mol. The SMILES string of the molecule is B.FN1CCCCC1. The van der Waals surface area contributed by atoms with Gasteiger partial charge in [-0.25, -0.2) is 0 Å². The molecule has 0 spiro atoms. The minimum absolute atomic E-state index is 0. The molecule has 0 N–H and O–H groups in total. The van der Waals surface area contributed by atoms with Gasteiger partial charge in [0.1, 0.15) is 0 Å². The lowest BCUT2D eigenvalue weighted by atomic mass is 10.2. The number of piperidine rings is 1. The molecule has 0 aliphatic carbocycles. The van der Waals surface area contributed by atoms with Crippen LogP contribution in [0, 0.1) is 0 Å². The molecule has 0 aromatic heterocycles. The molecule has 0 aromatic rings. The van der Waals surface area contributed by atoms with Gasteiger partial charge in [-0.3, -0.25) is 0 Å². The maximum atomic E-state index is 12.0. The molecule has 1 fully saturated rings. The number of hydrogen-bond donors (Lipinski definition) is 0. The van der Waals surface area contributed by atoms with Gasteiger partial charge in [0.25, 0.3) is 0 Å². The highest BCUT2D eigenvalue weighted by Crippen LogP contribution is 2.07. The Morgan fingerprint density at radius 1 is 1.00 bits per heavy atom. The molecule has 0 bridgehead atoms. The Balaban J connectivity index is 0.000000490. The molecule has 1 rings (SSSR count). The van der Waals surface area contributed by atoms with Crippen molar-refractivity contribution in [2.24, 2.45) is 0 Å². The summed E-state index contributed by atoms with van der Waals surface area (Å²) in [5.74, 6) is 0. The Morgan fingerprint density at radius 3 is 1.75 bits per heavy atom. The second-order valence-corrected chi connectivity index (χ2v) is 1.97. The Kier molecular flexibility index (Phi) is 3.88. The summed E-state index contributed by atoms with van der Waals surface area (Å²) >= 11 is 0. The van der Waals surface area contributed by atoms with Gasteiger partial charge in [0, 0.05) is 13.1 Å². The fourth-order valence-corrected chi connectivity index (χ4v) is 0.855. The van der Waals surface area contributed by atoms with Crippen molar-refractivity contribution in [2.45, 2.75) is 19.3 Å². The smallest absolute Gasteiger partial charge is 0.0814 e. The summed E-state index contributed by atoms with van der Waals surface area (Å²) in [6.07, 6.45) is 3.29. The van der Waals surface area contributed by atoms with Crippen LogP contribution in [0.2, 0.25) is 0 Å². The van der Waals surface area contributed by atoms with Crippen molar-refractivity contribution < 1.29 is 4.48 Å². The molecule has 0 saturated carbocycles. The fourth-order valence-electron chi connectivity index (χ4n) is 0.855. The first-order chi connectivity index (χ1) is 3.39. The molecule has 0 atom stereocenters. The summed E-state index contributed by atoms with van der Waals surface area (Å²) in [5, 5.41) is 0.892. The fraction of sp³-hybridized carbons (Fsp3) is 1.00. The molecular formula is C5H13BFN. The first-order valence-electron chi connectivity index (χ1n) is 2.80. The van der Waals surface area contributed by atoms with Gasteiger partial charge >= 0.3 is 0 Å². The second kappa shape index (κ2) is 3.90. The van der Waals surface area contributed by atoms with E-state index in [1.165, 1.54) is 6.42 Å².